The fourth-order valence-corrected chi connectivity index (χ4v) is 3.76. The first-order valence-corrected chi connectivity index (χ1v) is 9.16. The maximum absolute atomic E-state index is 12.4. The highest BCUT2D eigenvalue weighted by Crippen LogP contribution is 2.33. The van der Waals surface area contributed by atoms with Gasteiger partial charge in [0.15, 0.2) is 10.9 Å². The summed E-state index contributed by atoms with van der Waals surface area (Å²) in [7, 11) is 0. The highest BCUT2D eigenvalue weighted by Gasteiger charge is 2.20. The molecule has 1 fully saturated rings. The Balaban J connectivity index is 1.57. The van der Waals surface area contributed by atoms with Crippen LogP contribution >= 0.6 is 11.3 Å². The lowest BCUT2D eigenvalue weighted by molar-refractivity contribution is 0.0346. The first-order chi connectivity index (χ1) is 12.8. The number of hydrogen-bond donors (Lipinski definition) is 1. The third-order valence-electron chi connectivity index (χ3n) is 4.09. The smallest absolute Gasteiger partial charge is 0.257 e. The second-order valence-corrected chi connectivity index (χ2v) is 6.93. The summed E-state index contributed by atoms with van der Waals surface area (Å²) in [6, 6.07) is 7.06. The van der Waals surface area contributed by atoms with Gasteiger partial charge in [0.05, 0.1) is 24.4 Å². The van der Waals surface area contributed by atoms with Crippen LogP contribution in [0, 0.1) is 0 Å². The minimum atomic E-state index is -0.204. The van der Waals surface area contributed by atoms with Crippen LogP contribution in [0.15, 0.2) is 47.3 Å². The van der Waals surface area contributed by atoms with E-state index < -0.39 is 0 Å². The average molecular weight is 370 g/mol. The molecule has 3 aromatic rings. The van der Waals surface area contributed by atoms with E-state index >= 15 is 0 Å². The zero-order valence-corrected chi connectivity index (χ0v) is 14.9. The van der Waals surface area contributed by atoms with Crippen molar-refractivity contribution in [2.45, 2.75) is 6.54 Å². The lowest BCUT2D eigenvalue weighted by Crippen LogP contribution is -2.35. The molecule has 0 radical (unpaired) electrons. The molecule has 0 aromatic carbocycles. The topological polar surface area (TPSA) is 80.5 Å². The molecule has 1 aliphatic heterocycles. The molecular formula is C18H18N4O3S. The maximum Gasteiger partial charge on any atom is 0.257 e. The lowest BCUT2D eigenvalue weighted by Gasteiger charge is -2.26. The Bertz CT molecular complexity index is 858. The van der Waals surface area contributed by atoms with Gasteiger partial charge in [-0.2, -0.15) is 0 Å². The SMILES string of the molecule is O=C(Nc1nc(-c2ccco2)c(CN2CCOCC2)s1)c1ccncc1. The van der Waals surface area contributed by atoms with Crippen molar-refractivity contribution in [3.63, 3.8) is 0 Å². The van der Waals surface area contributed by atoms with Crippen LogP contribution in [-0.2, 0) is 11.3 Å². The fraction of sp³-hybridized carbons (Fsp3) is 0.278. The number of thiazole rings is 1. The fourth-order valence-electron chi connectivity index (χ4n) is 2.75. The van der Waals surface area contributed by atoms with Gasteiger partial charge in [-0.05, 0) is 24.3 Å². The van der Waals surface area contributed by atoms with Crippen molar-refractivity contribution < 1.29 is 13.9 Å². The van der Waals surface area contributed by atoms with E-state index in [2.05, 4.69) is 20.2 Å². The van der Waals surface area contributed by atoms with Crippen LogP contribution in [0.1, 0.15) is 15.2 Å². The maximum atomic E-state index is 12.4. The molecule has 1 N–H and O–H groups in total. The summed E-state index contributed by atoms with van der Waals surface area (Å²) in [5, 5.41) is 3.43. The number of ether oxygens (including phenoxy) is 1. The molecule has 0 atom stereocenters. The number of aromatic nitrogens is 2. The van der Waals surface area contributed by atoms with Crippen molar-refractivity contribution >= 4 is 22.4 Å². The lowest BCUT2D eigenvalue weighted by atomic mass is 10.2. The molecule has 0 spiro atoms. The molecule has 0 aliphatic carbocycles. The summed E-state index contributed by atoms with van der Waals surface area (Å²) >= 11 is 1.47. The third-order valence-corrected chi connectivity index (χ3v) is 5.04. The minimum absolute atomic E-state index is 0.204. The van der Waals surface area contributed by atoms with Gasteiger partial charge in [-0.25, -0.2) is 4.98 Å². The average Bonchev–Trinajstić information content (AvgIpc) is 3.33. The third kappa shape index (κ3) is 3.82. The van der Waals surface area contributed by atoms with E-state index in [-0.39, 0.29) is 5.91 Å². The van der Waals surface area contributed by atoms with Crippen molar-refractivity contribution in [1.82, 2.24) is 14.9 Å². The highest BCUT2D eigenvalue weighted by molar-refractivity contribution is 7.16. The standard InChI is InChI=1S/C18H18N4O3S/c23-17(13-3-5-19-6-4-13)21-18-20-16(14-2-1-9-25-14)15(26-18)12-22-7-10-24-11-8-22/h1-6,9H,7-8,10-12H2,(H,20,21,23). The van der Waals surface area contributed by atoms with Gasteiger partial charge in [-0.3, -0.25) is 20.0 Å². The number of morpholine rings is 1. The normalized spacial score (nSPS) is 15.1. The van der Waals surface area contributed by atoms with Gasteiger partial charge < -0.3 is 9.15 Å². The number of rotatable bonds is 5. The minimum Gasteiger partial charge on any atom is -0.463 e. The van der Waals surface area contributed by atoms with Gasteiger partial charge in [0.25, 0.3) is 5.91 Å². The predicted molar refractivity (Wildman–Crippen MR) is 98.1 cm³/mol. The summed E-state index contributed by atoms with van der Waals surface area (Å²) in [4.78, 5) is 24.3. The first kappa shape index (κ1) is 16.9. The summed E-state index contributed by atoms with van der Waals surface area (Å²) in [5.41, 5.74) is 1.32. The summed E-state index contributed by atoms with van der Waals surface area (Å²) < 4.78 is 10.9. The van der Waals surface area contributed by atoms with Crippen LogP contribution in [0.5, 0.6) is 0 Å². The summed E-state index contributed by atoms with van der Waals surface area (Å²) in [6.45, 7) is 3.99. The molecule has 134 valence electrons. The van der Waals surface area contributed by atoms with Crippen molar-refractivity contribution in [3.05, 3.63) is 53.4 Å². The van der Waals surface area contributed by atoms with E-state index in [1.807, 2.05) is 12.1 Å². The Morgan fingerprint density at radius 2 is 2.04 bits per heavy atom. The monoisotopic (exact) mass is 370 g/mol. The van der Waals surface area contributed by atoms with Gasteiger partial charge in [0, 0.05) is 37.6 Å². The molecule has 3 aromatic heterocycles. The van der Waals surface area contributed by atoms with E-state index in [1.165, 1.54) is 11.3 Å². The van der Waals surface area contributed by atoms with E-state index in [4.69, 9.17) is 9.15 Å². The van der Waals surface area contributed by atoms with Crippen molar-refractivity contribution in [3.8, 4) is 11.5 Å². The molecule has 4 heterocycles. The van der Waals surface area contributed by atoms with E-state index in [9.17, 15) is 4.79 Å². The molecule has 7 nitrogen and oxygen atoms in total. The van der Waals surface area contributed by atoms with Crippen LogP contribution in [0.4, 0.5) is 5.13 Å². The van der Waals surface area contributed by atoms with E-state index in [0.29, 0.717) is 16.5 Å². The molecule has 0 bridgehead atoms. The zero-order valence-electron chi connectivity index (χ0n) is 14.1. The van der Waals surface area contributed by atoms with Crippen LogP contribution in [-0.4, -0.2) is 47.1 Å². The van der Waals surface area contributed by atoms with Gasteiger partial charge in [-0.15, -0.1) is 0 Å². The summed E-state index contributed by atoms with van der Waals surface area (Å²) in [6.07, 6.45) is 4.81. The molecule has 4 rings (SSSR count). The number of amides is 1. The number of carbonyl (C=O) groups excluding carboxylic acids is 1. The van der Waals surface area contributed by atoms with Crippen LogP contribution < -0.4 is 5.32 Å². The molecule has 1 amide bonds. The summed E-state index contributed by atoms with van der Waals surface area (Å²) in [5.74, 6) is 0.499. The van der Waals surface area contributed by atoms with E-state index in [0.717, 1.165) is 43.4 Å². The molecule has 0 saturated carbocycles. The number of pyridine rings is 1. The quantitative estimate of drug-likeness (QED) is 0.744. The Morgan fingerprint density at radius 3 is 2.77 bits per heavy atom. The Morgan fingerprint density at radius 1 is 1.23 bits per heavy atom. The van der Waals surface area contributed by atoms with Crippen LogP contribution in [0.25, 0.3) is 11.5 Å². The number of anilines is 1. The Labute approximate surface area is 154 Å². The van der Waals surface area contributed by atoms with Crippen molar-refractivity contribution in [1.29, 1.82) is 0 Å². The second-order valence-electron chi connectivity index (χ2n) is 5.85. The molecule has 8 heteroatoms. The predicted octanol–water partition coefficient (Wildman–Crippen LogP) is 2.88. The van der Waals surface area contributed by atoms with E-state index in [1.54, 1.807) is 30.8 Å². The second kappa shape index (κ2) is 7.77. The molecule has 26 heavy (non-hydrogen) atoms. The zero-order chi connectivity index (χ0) is 17.8. The largest absolute Gasteiger partial charge is 0.463 e. The number of carbonyl (C=O) groups is 1. The molecule has 0 unspecified atom stereocenters. The van der Waals surface area contributed by atoms with Crippen molar-refractivity contribution in [2.75, 3.05) is 31.6 Å². The van der Waals surface area contributed by atoms with Crippen LogP contribution in [0.2, 0.25) is 0 Å². The highest BCUT2D eigenvalue weighted by atomic mass is 32.1. The Kier molecular flexibility index (Phi) is 5.05. The Hall–Kier alpha value is -2.55. The van der Waals surface area contributed by atoms with Gasteiger partial charge in [0.1, 0.15) is 5.69 Å². The number of nitrogens with zero attached hydrogens (tertiary/aromatic N) is 3. The number of nitrogens with one attached hydrogen (secondary N) is 1. The molecular weight excluding hydrogens is 352 g/mol. The number of furan rings is 1. The van der Waals surface area contributed by atoms with Gasteiger partial charge >= 0.3 is 0 Å². The van der Waals surface area contributed by atoms with Crippen molar-refractivity contribution in [2.24, 2.45) is 0 Å². The first-order valence-electron chi connectivity index (χ1n) is 8.34. The van der Waals surface area contributed by atoms with Gasteiger partial charge in [0.2, 0.25) is 0 Å². The van der Waals surface area contributed by atoms with Crippen LogP contribution in [0.3, 0.4) is 0 Å². The molecule has 1 saturated heterocycles. The molecule has 1 aliphatic rings. The van der Waals surface area contributed by atoms with Gasteiger partial charge in [-0.1, -0.05) is 11.3 Å². The number of hydrogen-bond acceptors (Lipinski definition) is 7.